The van der Waals surface area contributed by atoms with Crippen LogP contribution < -0.4 is 5.32 Å². The molecule has 1 fully saturated rings. The molecule has 2 heterocycles. The molecule has 6 nitrogen and oxygen atoms in total. The van der Waals surface area contributed by atoms with Gasteiger partial charge in [0.1, 0.15) is 35.6 Å². The third-order valence-electron chi connectivity index (χ3n) is 4.25. The molecule has 3 N–H and O–H groups in total. The lowest BCUT2D eigenvalue weighted by atomic mass is 9.94. The number of ether oxygens (including phenoxy) is 2. The third-order valence-corrected chi connectivity index (χ3v) is 5.41. The van der Waals surface area contributed by atoms with Gasteiger partial charge in [-0.05, 0) is 17.7 Å². The summed E-state index contributed by atoms with van der Waals surface area (Å²) in [6, 6.07) is 4.09. The molecule has 2 aliphatic heterocycles. The molecule has 0 amide bonds. The minimum Gasteiger partial charge on any atom is -0.388 e. The normalized spacial score (nSPS) is 32.0. The summed E-state index contributed by atoms with van der Waals surface area (Å²) in [5.74, 6) is -0.606. The molecule has 1 aromatic rings. The number of nitrogens with zero attached hydrogens (tertiary/aromatic N) is 1. The van der Waals surface area contributed by atoms with Crippen molar-refractivity contribution in [1.29, 1.82) is 0 Å². The second-order valence-electron chi connectivity index (χ2n) is 6.15. The number of aliphatic hydroxyl groups excluding tert-OH is 2. The highest BCUT2D eigenvalue weighted by atomic mass is 32.2. The summed E-state index contributed by atoms with van der Waals surface area (Å²) in [6.07, 6.45) is -12.6. The van der Waals surface area contributed by atoms with Gasteiger partial charge < -0.3 is 25.0 Å². The van der Waals surface area contributed by atoms with Gasteiger partial charge in [-0.1, -0.05) is 23.9 Å². The van der Waals surface area contributed by atoms with Crippen LogP contribution in [0.25, 0.3) is 0 Å². The van der Waals surface area contributed by atoms with Crippen molar-refractivity contribution in [3.63, 3.8) is 0 Å². The molecule has 0 saturated carbocycles. The van der Waals surface area contributed by atoms with Crippen LogP contribution in [0.15, 0.2) is 29.3 Å². The molecule has 150 valence electrons. The Hall–Kier alpha value is -1.40. The fraction of sp³-hybridized carbons (Fsp3) is 0.562. The number of aliphatic imine (C=N–C) groups is 1. The number of thioether (sulfide) groups is 1. The average molecular weight is 410 g/mol. The van der Waals surface area contributed by atoms with Crippen LogP contribution in [0.3, 0.4) is 0 Å². The first-order valence-corrected chi connectivity index (χ1v) is 8.95. The highest BCUT2D eigenvalue weighted by Gasteiger charge is 2.57. The predicted octanol–water partition coefficient (Wildman–Crippen LogP) is 1.41. The minimum absolute atomic E-state index is 0.198. The summed E-state index contributed by atoms with van der Waals surface area (Å²) in [7, 11) is 1.57. The Bertz CT molecular complexity index is 705. The maximum absolute atomic E-state index is 13.6. The van der Waals surface area contributed by atoms with Crippen molar-refractivity contribution in [2.24, 2.45) is 4.99 Å². The standard InChI is InChI=1S/C16H18F4N2O4S/c1-21-15-22-9-10(23)11(24)12(26-14(9)27-15)13(16(18,19)20)25-6-7-3-2-4-8(17)5-7/h2-5,9-14,23-24H,6H2,1H3,(H,21,22)/t9-,10-,11+,12?,13-,14-/m1/s1. The Kier molecular flexibility index (Phi) is 5.96. The molecular weight excluding hydrogens is 392 g/mol. The van der Waals surface area contributed by atoms with E-state index in [-0.39, 0.29) is 5.56 Å². The van der Waals surface area contributed by atoms with Gasteiger partial charge in [-0.15, -0.1) is 0 Å². The zero-order valence-electron chi connectivity index (χ0n) is 14.1. The summed E-state index contributed by atoms with van der Waals surface area (Å²) in [6.45, 7) is -0.538. The second-order valence-corrected chi connectivity index (χ2v) is 7.23. The van der Waals surface area contributed by atoms with E-state index in [2.05, 4.69) is 10.3 Å². The Morgan fingerprint density at radius 1 is 1.33 bits per heavy atom. The summed E-state index contributed by atoms with van der Waals surface area (Å²) >= 11 is 1.02. The number of halogens is 4. The summed E-state index contributed by atoms with van der Waals surface area (Å²) in [5.41, 5.74) is -0.692. The number of rotatable bonds is 4. The maximum atomic E-state index is 13.6. The molecule has 0 aliphatic carbocycles. The fourth-order valence-corrected chi connectivity index (χ4v) is 4.01. The Morgan fingerprint density at radius 2 is 2.07 bits per heavy atom. The Morgan fingerprint density at radius 3 is 2.70 bits per heavy atom. The number of aliphatic hydroxyl groups is 2. The van der Waals surface area contributed by atoms with Gasteiger partial charge in [-0.3, -0.25) is 4.99 Å². The molecular formula is C16H18F4N2O4S. The lowest BCUT2D eigenvalue weighted by molar-refractivity contribution is -0.286. The summed E-state index contributed by atoms with van der Waals surface area (Å²) in [4.78, 5) is 4.09. The van der Waals surface area contributed by atoms with Crippen molar-refractivity contribution in [2.75, 3.05) is 7.05 Å². The van der Waals surface area contributed by atoms with Crippen molar-refractivity contribution in [3.8, 4) is 0 Å². The highest BCUT2D eigenvalue weighted by Crippen LogP contribution is 2.40. The van der Waals surface area contributed by atoms with E-state index in [0.29, 0.717) is 5.17 Å². The first-order chi connectivity index (χ1) is 12.7. The van der Waals surface area contributed by atoms with Crippen LogP contribution in [-0.2, 0) is 16.1 Å². The SMILES string of the molecule is CNC1=N[C@@H]2[C@@H](O)[C@H](O)C([C@@H](OCc3cccc(F)c3)C(F)(F)F)O[C@@H]2S1. The molecule has 1 aromatic carbocycles. The van der Waals surface area contributed by atoms with Crippen LogP contribution in [0.4, 0.5) is 17.6 Å². The first kappa shape index (κ1) is 20.3. The lowest BCUT2D eigenvalue weighted by Crippen LogP contribution is -2.61. The van der Waals surface area contributed by atoms with Crippen molar-refractivity contribution >= 4 is 16.9 Å². The van der Waals surface area contributed by atoms with Gasteiger partial charge >= 0.3 is 6.18 Å². The van der Waals surface area contributed by atoms with E-state index in [1.807, 2.05) is 0 Å². The van der Waals surface area contributed by atoms with Crippen LogP contribution in [0.2, 0.25) is 0 Å². The smallest absolute Gasteiger partial charge is 0.388 e. The molecule has 0 radical (unpaired) electrons. The molecule has 2 aliphatic rings. The average Bonchev–Trinajstić information content (AvgIpc) is 3.01. The van der Waals surface area contributed by atoms with E-state index in [9.17, 15) is 27.8 Å². The van der Waals surface area contributed by atoms with Crippen molar-refractivity contribution in [1.82, 2.24) is 5.32 Å². The largest absolute Gasteiger partial charge is 0.417 e. The topological polar surface area (TPSA) is 83.3 Å². The molecule has 3 rings (SSSR count). The van der Waals surface area contributed by atoms with Crippen molar-refractivity contribution in [2.45, 2.75) is 48.7 Å². The molecule has 27 heavy (non-hydrogen) atoms. The number of alkyl halides is 3. The predicted molar refractivity (Wildman–Crippen MR) is 89.6 cm³/mol. The van der Waals surface area contributed by atoms with Crippen LogP contribution in [0.1, 0.15) is 5.56 Å². The molecule has 1 unspecified atom stereocenters. The van der Waals surface area contributed by atoms with E-state index >= 15 is 0 Å². The maximum Gasteiger partial charge on any atom is 0.417 e. The van der Waals surface area contributed by atoms with Gasteiger partial charge in [0.05, 0.1) is 6.61 Å². The van der Waals surface area contributed by atoms with Crippen LogP contribution >= 0.6 is 11.8 Å². The zero-order valence-corrected chi connectivity index (χ0v) is 14.9. The van der Waals surface area contributed by atoms with E-state index in [4.69, 9.17) is 9.47 Å². The number of amidine groups is 1. The highest BCUT2D eigenvalue weighted by molar-refractivity contribution is 8.14. The number of benzene rings is 1. The monoisotopic (exact) mass is 410 g/mol. The first-order valence-electron chi connectivity index (χ1n) is 8.07. The van der Waals surface area contributed by atoms with Gasteiger partial charge in [0.2, 0.25) is 0 Å². The molecule has 11 heteroatoms. The number of hydrogen-bond donors (Lipinski definition) is 3. The third kappa shape index (κ3) is 4.37. The fourth-order valence-electron chi connectivity index (χ4n) is 2.95. The Balaban J connectivity index is 1.77. The second kappa shape index (κ2) is 7.92. The number of fused-ring (bicyclic) bond motifs is 1. The van der Waals surface area contributed by atoms with E-state index in [1.54, 1.807) is 7.05 Å². The molecule has 0 spiro atoms. The molecule has 0 aromatic heterocycles. The van der Waals surface area contributed by atoms with Gasteiger partial charge in [-0.2, -0.15) is 13.2 Å². The number of nitrogens with one attached hydrogen (secondary N) is 1. The van der Waals surface area contributed by atoms with E-state index in [1.165, 1.54) is 12.1 Å². The van der Waals surface area contributed by atoms with Gasteiger partial charge in [0.15, 0.2) is 11.3 Å². The van der Waals surface area contributed by atoms with E-state index < -0.39 is 54.5 Å². The zero-order chi connectivity index (χ0) is 19.8. The van der Waals surface area contributed by atoms with Crippen molar-refractivity contribution < 1.29 is 37.2 Å². The van der Waals surface area contributed by atoms with Crippen LogP contribution in [0, 0.1) is 5.82 Å². The molecule has 0 bridgehead atoms. The van der Waals surface area contributed by atoms with Crippen molar-refractivity contribution in [3.05, 3.63) is 35.6 Å². The summed E-state index contributed by atoms with van der Waals surface area (Å²) in [5, 5.41) is 23.5. The van der Waals surface area contributed by atoms with Crippen LogP contribution in [0.5, 0.6) is 0 Å². The van der Waals surface area contributed by atoms with Crippen LogP contribution in [-0.4, -0.2) is 64.5 Å². The lowest BCUT2D eigenvalue weighted by Gasteiger charge is -2.41. The number of hydrogen-bond acceptors (Lipinski definition) is 7. The van der Waals surface area contributed by atoms with Gasteiger partial charge in [-0.25, -0.2) is 4.39 Å². The summed E-state index contributed by atoms with van der Waals surface area (Å²) < 4.78 is 64.2. The molecule has 1 saturated heterocycles. The Labute approximate surface area is 156 Å². The van der Waals surface area contributed by atoms with Gasteiger partial charge in [0, 0.05) is 7.05 Å². The quantitative estimate of drug-likeness (QED) is 0.652. The van der Waals surface area contributed by atoms with Gasteiger partial charge in [0.25, 0.3) is 0 Å². The molecule has 6 atom stereocenters. The van der Waals surface area contributed by atoms with E-state index in [0.717, 1.165) is 23.9 Å². The minimum atomic E-state index is -4.87.